The molecule has 0 aliphatic carbocycles. The molecular formula is C54H35NOS. The van der Waals surface area contributed by atoms with Crippen molar-refractivity contribution < 1.29 is 4.74 Å². The van der Waals surface area contributed by atoms with E-state index in [0.717, 1.165) is 61.9 Å². The lowest BCUT2D eigenvalue weighted by molar-refractivity contribution is 0.489. The first-order valence-electron chi connectivity index (χ1n) is 19.3. The number of ether oxygens (including phenoxy) is 1. The molecule has 1 aliphatic rings. The maximum Gasteiger partial charge on any atom is 0.159 e. The third-order valence-electron chi connectivity index (χ3n) is 11.1. The molecule has 0 spiro atoms. The van der Waals surface area contributed by atoms with E-state index in [-0.39, 0.29) is 0 Å². The highest BCUT2D eigenvalue weighted by Crippen LogP contribution is 2.53. The van der Waals surface area contributed by atoms with Crippen LogP contribution < -0.4 is 9.64 Å². The Bertz CT molecular complexity index is 3080. The van der Waals surface area contributed by atoms with Gasteiger partial charge in [0.2, 0.25) is 0 Å². The summed E-state index contributed by atoms with van der Waals surface area (Å²) in [4.78, 5) is 2.34. The topological polar surface area (TPSA) is 12.5 Å². The van der Waals surface area contributed by atoms with Gasteiger partial charge < -0.3 is 9.64 Å². The van der Waals surface area contributed by atoms with Gasteiger partial charge in [-0.1, -0.05) is 164 Å². The lowest BCUT2D eigenvalue weighted by Gasteiger charge is -2.28. The van der Waals surface area contributed by atoms with E-state index in [2.05, 4.69) is 217 Å². The molecule has 2 nitrogen and oxygen atoms in total. The summed E-state index contributed by atoms with van der Waals surface area (Å²) in [6.45, 7) is 0. The fourth-order valence-corrected chi connectivity index (χ4v) is 9.59. The molecule has 0 saturated heterocycles. The highest BCUT2D eigenvalue weighted by molar-refractivity contribution is 7.26. The van der Waals surface area contributed by atoms with Gasteiger partial charge in [0.1, 0.15) is 5.75 Å². The molecule has 1 aliphatic heterocycles. The summed E-state index contributed by atoms with van der Waals surface area (Å²) in [5.74, 6) is 1.65. The van der Waals surface area contributed by atoms with E-state index in [9.17, 15) is 0 Å². The lowest BCUT2D eigenvalue weighted by Crippen LogP contribution is -2.11. The maximum atomic E-state index is 7.23. The van der Waals surface area contributed by atoms with E-state index in [1.165, 1.54) is 42.4 Å². The average Bonchev–Trinajstić information content (AvgIpc) is 3.60. The Hall–Kier alpha value is -7.20. The quantitative estimate of drug-likeness (QED) is 0.168. The average molecular weight is 746 g/mol. The number of nitrogens with zero attached hydrogens (tertiary/aromatic N) is 1. The van der Waals surface area contributed by atoms with Crippen LogP contribution in [0.3, 0.4) is 0 Å². The van der Waals surface area contributed by atoms with E-state index >= 15 is 0 Å². The monoisotopic (exact) mass is 745 g/mol. The molecule has 2 heterocycles. The van der Waals surface area contributed by atoms with E-state index in [0.29, 0.717) is 0 Å². The fourth-order valence-electron chi connectivity index (χ4n) is 8.35. The van der Waals surface area contributed by atoms with E-state index in [1.807, 2.05) is 11.3 Å². The molecule has 11 rings (SSSR count). The summed E-state index contributed by atoms with van der Waals surface area (Å²) < 4.78 is 9.85. The van der Waals surface area contributed by atoms with Crippen LogP contribution in [-0.2, 0) is 0 Å². The highest BCUT2D eigenvalue weighted by atomic mass is 32.1. The zero-order chi connectivity index (χ0) is 37.7. The van der Waals surface area contributed by atoms with Crippen molar-refractivity contribution in [2.75, 3.05) is 4.90 Å². The number of fused-ring (bicyclic) bond motifs is 8. The van der Waals surface area contributed by atoms with Gasteiger partial charge in [0, 0.05) is 42.7 Å². The van der Waals surface area contributed by atoms with Crippen molar-refractivity contribution in [1.82, 2.24) is 0 Å². The minimum absolute atomic E-state index is 0.820. The van der Waals surface area contributed by atoms with Crippen LogP contribution in [0.15, 0.2) is 212 Å². The zero-order valence-electron chi connectivity index (χ0n) is 31.0. The van der Waals surface area contributed by atoms with Crippen LogP contribution in [0.25, 0.3) is 75.8 Å². The van der Waals surface area contributed by atoms with Crippen LogP contribution in [0.4, 0.5) is 17.1 Å². The van der Waals surface area contributed by atoms with Crippen molar-refractivity contribution in [1.29, 1.82) is 0 Å². The van der Waals surface area contributed by atoms with E-state index in [1.54, 1.807) is 0 Å². The first-order chi connectivity index (χ1) is 28.3. The number of rotatable bonds is 6. The van der Waals surface area contributed by atoms with Gasteiger partial charge in [-0.3, -0.25) is 0 Å². The summed E-state index contributed by atoms with van der Waals surface area (Å²) in [6, 6.07) is 76.1. The Kier molecular flexibility index (Phi) is 8.04. The molecular weight excluding hydrogens is 711 g/mol. The highest BCUT2D eigenvalue weighted by Gasteiger charge is 2.27. The van der Waals surface area contributed by atoms with Crippen molar-refractivity contribution in [2.24, 2.45) is 0 Å². The standard InChI is InChI=1S/C54H35NOS/c1-3-13-36(14-4-1)38-25-30-41(31-26-38)55(42-32-27-39(28-33-42)43-20-11-22-49-47-19-9-10-24-52(47)57-54(43)49)50-23-12-21-48-45-18-8-7-17-44(45)46-34-29-40(35-51(46)56-53(48)50)37-15-5-2-6-16-37/h1-35H. The zero-order valence-corrected chi connectivity index (χ0v) is 31.8. The minimum atomic E-state index is 0.820. The molecule has 1 aromatic heterocycles. The molecule has 0 radical (unpaired) electrons. The van der Waals surface area contributed by atoms with Gasteiger partial charge >= 0.3 is 0 Å². The second-order valence-electron chi connectivity index (χ2n) is 14.5. The van der Waals surface area contributed by atoms with Gasteiger partial charge in [0.05, 0.1) is 5.69 Å². The molecule has 0 unspecified atom stereocenters. The normalized spacial score (nSPS) is 11.6. The molecule has 3 heteroatoms. The van der Waals surface area contributed by atoms with Crippen LogP contribution in [0.1, 0.15) is 0 Å². The van der Waals surface area contributed by atoms with Crippen molar-refractivity contribution in [3.63, 3.8) is 0 Å². The number of benzene rings is 9. The molecule has 0 N–H and O–H groups in total. The van der Waals surface area contributed by atoms with Gasteiger partial charge in [-0.2, -0.15) is 0 Å². The predicted molar refractivity (Wildman–Crippen MR) is 241 cm³/mol. The predicted octanol–water partition coefficient (Wildman–Crippen LogP) is 16.0. The molecule has 0 atom stereocenters. The third kappa shape index (κ3) is 5.80. The van der Waals surface area contributed by atoms with Crippen LogP contribution in [0, 0.1) is 0 Å². The van der Waals surface area contributed by atoms with Crippen LogP contribution >= 0.6 is 11.3 Å². The summed E-state index contributed by atoms with van der Waals surface area (Å²) in [5.41, 5.74) is 14.6. The number of anilines is 3. The Labute approximate surface area is 336 Å². The van der Waals surface area contributed by atoms with Crippen molar-refractivity contribution >= 4 is 48.6 Å². The van der Waals surface area contributed by atoms with Crippen LogP contribution in [-0.4, -0.2) is 0 Å². The molecule has 9 aromatic carbocycles. The summed E-state index contributed by atoms with van der Waals surface area (Å²) >= 11 is 1.87. The van der Waals surface area contributed by atoms with Gasteiger partial charge in [-0.05, 0) is 93.0 Å². The minimum Gasteiger partial charge on any atom is -0.454 e. The number of para-hydroxylation sites is 1. The SMILES string of the molecule is c1ccc(-c2ccc(N(c3ccc(-c4cccc5c4sc4ccccc45)cc3)c3cccc4c3Oc3cc(-c5ccccc5)ccc3-c3ccccc3-4)cc2)cc1. The number of hydrogen-bond acceptors (Lipinski definition) is 3. The Morgan fingerprint density at radius 1 is 0.351 bits per heavy atom. The fraction of sp³-hybridized carbons (Fsp3) is 0. The van der Waals surface area contributed by atoms with Crippen molar-refractivity contribution in [2.45, 2.75) is 0 Å². The molecule has 10 aromatic rings. The van der Waals surface area contributed by atoms with Crippen molar-refractivity contribution in [3.05, 3.63) is 212 Å². The summed E-state index contributed by atoms with van der Waals surface area (Å²) in [6.07, 6.45) is 0. The second-order valence-corrected chi connectivity index (χ2v) is 15.5. The summed E-state index contributed by atoms with van der Waals surface area (Å²) in [7, 11) is 0. The first-order valence-corrected chi connectivity index (χ1v) is 20.1. The first kappa shape index (κ1) is 33.2. The molecule has 268 valence electrons. The molecule has 0 bridgehead atoms. The Morgan fingerprint density at radius 2 is 0.877 bits per heavy atom. The molecule has 0 saturated carbocycles. The number of thiophene rings is 1. The van der Waals surface area contributed by atoms with Gasteiger partial charge in [-0.25, -0.2) is 0 Å². The smallest absolute Gasteiger partial charge is 0.159 e. The van der Waals surface area contributed by atoms with E-state index in [4.69, 9.17) is 4.74 Å². The van der Waals surface area contributed by atoms with E-state index < -0.39 is 0 Å². The molecule has 0 amide bonds. The van der Waals surface area contributed by atoms with Gasteiger partial charge in [0.15, 0.2) is 5.75 Å². The molecule has 57 heavy (non-hydrogen) atoms. The van der Waals surface area contributed by atoms with Crippen LogP contribution in [0.5, 0.6) is 11.5 Å². The van der Waals surface area contributed by atoms with Gasteiger partial charge in [0.25, 0.3) is 0 Å². The maximum absolute atomic E-state index is 7.23. The van der Waals surface area contributed by atoms with Crippen LogP contribution in [0.2, 0.25) is 0 Å². The molecule has 0 fully saturated rings. The van der Waals surface area contributed by atoms with Gasteiger partial charge in [-0.15, -0.1) is 11.3 Å². The Morgan fingerprint density at radius 3 is 1.61 bits per heavy atom. The number of hydrogen-bond donors (Lipinski definition) is 0. The largest absolute Gasteiger partial charge is 0.454 e. The lowest BCUT2D eigenvalue weighted by atomic mass is 9.93. The van der Waals surface area contributed by atoms with Crippen molar-refractivity contribution in [3.8, 4) is 67.1 Å². The Balaban J connectivity index is 1.08. The summed E-state index contributed by atoms with van der Waals surface area (Å²) in [5, 5.41) is 2.61. The third-order valence-corrected chi connectivity index (χ3v) is 12.3. The second kappa shape index (κ2) is 13.8.